The number of rotatable bonds is 2. The summed E-state index contributed by atoms with van der Waals surface area (Å²) >= 11 is 1.74. The topological polar surface area (TPSA) is 34.0 Å². The second kappa shape index (κ2) is 5.24. The predicted molar refractivity (Wildman–Crippen MR) is 86.4 cm³/mol. The first-order valence-electron chi connectivity index (χ1n) is 7.41. The van der Waals surface area contributed by atoms with E-state index < -0.39 is 0 Å². The van der Waals surface area contributed by atoms with Crippen molar-refractivity contribution in [1.82, 2.24) is 19.4 Å². The molecule has 0 saturated carbocycles. The van der Waals surface area contributed by atoms with Gasteiger partial charge in [-0.05, 0) is 56.4 Å². The van der Waals surface area contributed by atoms with E-state index in [1.165, 1.54) is 17.7 Å². The van der Waals surface area contributed by atoms with Crippen LogP contribution in [0, 0.1) is 0 Å². The van der Waals surface area contributed by atoms with Gasteiger partial charge in [-0.15, -0.1) is 11.3 Å². The molecule has 0 radical (unpaired) electrons. The normalized spacial score (nSPS) is 20.1. The summed E-state index contributed by atoms with van der Waals surface area (Å²) in [4.78, 5) is 13.1. The molecule has 4 nitrogen and oxygen atoms in total. The lowest BCUT2D eigenvalue weighted by Crippen LogP contribution is -2.34. The van der Waals surface area contributed by atoms with Gasteiger partial charge in [0.15, 0.2) is 11.5 Å². The number of thiophene rings is 1. The summed E-state index contributed by atoms with van der Waals surface area (Å²) in [7, 11) is 2.21. The van der Waals surface area contributed by atoms with Crippen molar-refractivity contribution in [2.24, 2.45) is 0 Å². The van der Waals surface area contributed by atoms with Gasteiger partial charge in [0, 0.05) is 6.20 Å². The van der Waals surface area contributed by atoms with E-state index in [9.17, 15) is 0 Å². The minimum atomic E-state index is 0.357. The Morgan fingerprint density at radius 2 is 2.19 bits per heavy atom. The number of nitrogens with zero attached hydrogens (tertiary/aromatic N) is 4. The van der Waals surface area contributed by atoms with Crippen LogP contribution in [0.4, 0.5) is 0 Å². The van der Waals surface area contributed by atoms with E-state index in [1.54, 1.807) is 11.3 Å². The average Bonchev–Trinajstić information content (AvgIpc) is 3.15. The van der Waals surface area contributed by atoms with E-state index in [2.05, 4.69) is 45.1 Å². The highest BCUT2D eigenvalue weighted by Crippen LogP contribution is 2.34. The lowest BCUT2D eigenvalue weighted by atomic mass is 10.1. The van der Waals surface area contributed by atoms with Crippen LogP contribution in [-0.2, 0) is 0 Å². The fraction of sp³-hybridized carbons (Fsp3) is 0.375. The summed E-state index contributed by atoms with van der Waals surface area (Å²) in [5.41, 5.74) is 1.99. The molecule has 0 bridgehead atoms. The number of pyridine rings is 1. The van der Waals surface area contributed by atoms with Crippen molar-refractivity contribution in [1.29, 1.82) is 0 Å². The minimum absolute atomic E-state index is 0.357. The predicted octanol–water partition coefficient (Wildman–Crippen LogP) is 3.77. The number of hydrogen-bond acceptors (Lipinski definition) is 4. The Bertz CT molecular complexity index is 747. The first kappa shape index (κ1) is 13.0. The molecule has 0 amide bonds. The lowest BCUT2D eigenvalue weighted by Gasteiger charge is -2.34. The van der Waals surface area contributed by atoms with Gasteiger partial charge in [0.05, 0.1) is 11.0 Å². The fourth-order valence-electron chi connectivity index (χ4n) is 3.18. The Balaban J connectivity index is 1.94. The van der Waals surface area contributed by atoms with E-state index in [0.29, 0.717) is 6.17 Å². The van der Waals surface area contributed by atoms with Gasteiger partial charge in [-0.2, -0.15) is 0 Å². The van der Waals surface area contributed by atoms with Crippen LogP contribution in [0.3, 0.4) is 0 Å². The van der Waals surface area contributed by atoms with Gasteiger partial charge in [0.2, 0.25) is 0 Å². The monoisotopic (exact) mass is 298 g/mol. The summed E-state index contributed by atoms with van der Waals surface area (Å²) in [5.74, 6) is 1.05. The first-order valence-corrected chi connectivity index (χ1v) is 8.29. The van der Waals surface area contributed by atoms with E-state index in [4.69, 9.17) is 4.98 Å². The van der Waals surface area contributed by atoms with Crippen LogP contribution in [0.25, 0.3) is 21.9 Å². The summed E-state index contributed by atoms with van der Waals surface area (Å²) in [6.07, 6.45) is 5.93. The molecular formula is C16H18N4S. The molecule has 108 valence electrons. The van der Waals surface area contributed by atoms with Crippen molar-refractivity contribution < 1.29 is 0 Å². The molecule has 1 aliphatic rings. The second-order valence-electron chi connectivity index (χ2n) is 5.59. The van der Waals surface area contributed by atoms with Crippen LogP contribution in [-0.4, -0.2) is 33.0 Å². The zero-order valence-electron chi connectivity index (χ0n) is 12.1. The quantitative estimate of drug-likeness (QED) is 0.722. The number of piperidine rings is 1. The van der Waals surface area contributed by atoms with E-state index >= 15 is 0 Å². The van der Waals surface area contributed by atoms with Gasteiger partial charge in [-0.3, -0.25) is 9.47 Å². The Kier molecular flexibility index (Phi) is 3.24. The maximum absolute atomic E-state index is 4.85. The third kappa shape index (κ3) is 2.17. The number of likely N-dealkylation sites (tertiary alicyclic amines) is 1. The summed E-state index contributed by atoms with van der Waals surface area (Å²) in [5, 5.41) is 2.11. The van der Waals surface area contributed by atoms with E-state index in [1.807, 2.05) is 12.3 Å². The molecule has 5 heteroatoms. The van der Waals surface area contributed by atoms with Crippen LogP contribution in [0.15, 0.2) is 35.8 Å². The molecule has 1 unspecified atom stereocenters. The number of fused-ring (bicyclic) bond motifs is 1. The minimum Gasteiger partial charge on any atom is -0.291 e. The Hall–Kier alpha value is -1.72. The van der Waals surface area contributed by atoms with Crippen molar-refractivity contribution in [3.63, 3.8) is 0 Å². The molecule has 0 aliphatic carbocycles. The number of hydrogen-bond donors (Lipinski definition) is 0. The molecule has 1 atom stereocenters. The van der Waals surface area contributed by atoms with Gasteiger partial charge in [-0.25, -0.2) is 9.97 Å². The smallest absolute Gasteiger partial charge is 0.161 e. The molecule has 1 saturated heterocycles. The van der Waals surface area contributed by atoms with Gasteiger partial charge >= 0.3 is 0 Å². The van der Waals surface area contributed by atoms with E-state index in [0.717, 1.165) is 30.0 Å². The Morgan fingerprint density at radius 1 is 1.24 bits per heavy atom. The van der Waals surface area contributed by atoms with Gasteiger partial charge in [-0.1, -0.05) is 6.07 Å². The van der Waals surface area contributed by atoms with Crippen molar-refractivity contribution in [3.05, 3.63) is 35.8 Å². The Labute approximate surface area is 128 Å². The summed E-state index contributed by atoms with van der Waals surface area (Å²) in [6, 6.07) is 8.24. The van der Waals surface area contributed by atoms with Crippen LogP contribution in [0.5, 0.6) is 0 Å². The van der Waals surface area contributed by atoms with Crippen molar-refractivity contribution in [3.8, 4) is 10.7 Å². The molecule has 4 rings (SSSR count). The van der Waals surface area contributed by atoms with Gasteiger partial charge < -0.3 is 0 Å². The van der Waals surface area contributed by atoms with Crippen molar-refractivity contribution >= 4 is 22.5 Å². The summed E-state index contributed by atoms with van der Waals surface area (Å²) in [6.45, 7) is 1.14. The molecular weight excluding hydrogens is 280 g/mol. The highest BCUT2D eigenvalue weighted by Gasteiger charge is 2.26. The zero-order chi connectivity index (χ0) is 14.2. The first-order chi connectivity index (χ1) is 10.3. The van der Waals surface area contributed by atoms with Gasteiger partial charge in [0.1, 0.15) is 5.52 Å². The molecule has 0 spiro atoms. The average molecular weight is 298 g/mol. The Morgan fingerprint density at radius 3 is 3.00 bits per heavy atom. The van der Waals surface area contributed by atoms with Crippen molar-refractivity contribution in [2.75, 3.05) is 13.6 Å². The third-order valence-electron chi connectivity index (χ3n) is 4.22. The highest BCUT2D eigenvalue weighted by atomic mass is 32.1. The maximum atomic E-state index is 4.85. The molecule has 1 aliphatic heterocycles. The standard InChI is InChI=1S/C16H18N4S/c1-19-10-3-2-8-14(19)20-15-12(6-4-9-17-15)18-16(20)13-7-5-11-21-13/h4-7,9,11,14H,2-3,8,10H2,1H3. The third-order valence-corrected chi connectivity index (χ3v) is 5.09. The van der Waals surface area contributed by atoms with Crippen LogP contribution in [0.2, 0.25) is 0 Å². The maximum Gasteiger partial charge on any atom is 0.161 e. The van der Waals surface area contributed by atoms with Gasteiger partial charge in [0.25, 0.3) is 0 Å². The van der Waals surface area contributed by atoms with Crippen LogP contribution in [0.1, 0.15) is 25.4 Å². The van der Waals surface area contributed by atoms with Crippen molar-refractivity contribution in [2.45, 2.75) is 25.4 Å². The molecule has 21 heavy (non-hydrogen) atoms. The lowest BCUT2D eigenvalue weighted by molar-refractivity contribution is 0.131. The fourth-order valence-corrected chi connectivity index (χ4v) is 3.89. The molecule has 4 heterocycles. The SMILES string of the molecule is CN1CCCCC1n1c(-c2cccs2)nc2cccnc21. The number of aromatic nitrogens is 3. The molecule has 0 N–H and O–H groups in total. The van der Waals surface area contributed by atoms with Crippen LogP contribution < -0.4 is 0 Å². The summed E-state index contributed by atoms with van der Waals surface area (Å²) < 4.78 is 2.33. The van der Waals surface area contributed by atoms with E-state index in [-0.39, 0.29) is 0 Å². The molecule has 0 aromatic carbocycles. The molecule has 3 aromatic rings. The second-order valence-corrected chi connectivity index (χ2v) is 6.53. The highest BCUT2D eigenvalue weighted by molar-refractivity contribution is 7.13. The molecule has 3 aromatic heterocycles. The molecule has 1 fully saturated rings. The van der Waals surface area contributed by atoms with Crippen LogP contribution >= 0.6 is 11.3 Å². The number of imidazole rings is 1. The zero-order valence-corrected chi connectivity index (χ0v) is 12.9. The largest absolute Gasteiger partial charge is 0.291 e.